The quantitative estimate of drug-likeness (QED) is 0.156. The normalized spacial score (nSPS) is 13.8. The Bertz CT molecular complexity index is 3150. The van der Waals surface area contributed by atoms with E-state index in [9.17, 15) is 0 Å². The second-order valence-electron chi connectivity index (χ2n) is 15.3. The molecule has 0 N–H and O–H groups in total. The summed E-state index contributed by atoms with van der Waals surface area (Å²) in [7, 11) is 0. The summed E-state index contributed by atoms with van der Waals surface area (Å²) in [4.78, 5) is 0. The number of hydrogen-bond acceptors (Lipinski definition) is 0. The van der Waals surface area contributed by atoms with Gasteiger partial charge in [0.15, 0.2) is 0 Å². The van der Waals surface area contributed by atoms with Crippen molar-refractivity contribution in [2.75, 3.05) is 0 Å². The largest absolute Gasteiger partial charge is 0.0761 e. The van der Waals surface area contributed by atoms with Crippen LogP contribution in [0.1, 0.15) is 22.6 Å². The van der Waals surface area contributed by atoms with Crippen molar-refractivity contribution in [1.82, 2.24) is 0 Å². The number of allylic oxidation sites excluding steroid dienone is 1. The van der Waals surface area contributed by atoms with Crippen molar-refractivity contribution >= 4 is 49.2 Å². The van der Waals surface area contributed by atoms with Crippen LogP contribution in [0.4, 0.5) is 0 Å². The number of fused-ring (bicyclic) bond motifs is 5. The first-order valence-electron chi connectivity index (χ1n) is 19.7. The van der Waals surface area contributed by atoms with Crippen molar-refractivity contribution in [3.05, 3.63) is 223 Å². The Morgan fingerprint density at radius 3 is 1.61 bits per heavy atom. The van der Waals surface area contributed by atoms with E-state index in [1.54, 1.807) is 0 Å². The predicted molar refractivity (Wildman–Crippen MR) is 240 cm³/mol. The maximum absolute atomic E-state index is 2.50. The van der Waals surface area contributed by atoms with E-state index in [0.29, 0.717) is 5.92 Å². The molecule has 1 atom stereocenters. The molecule has 1 aliphatic carbocycles. The molecule has 1 aliphatic rings. The zero-order valence-electron chi connectivity index (χ0n) is 31.0. The minimum Gasteiger partial charge on any atom is -0.0761 e. The second kappa shape index (κ2) is 13.4. The highest BCUT2D eigenvalue weighted by Gasteiger charge is 2.21. The second-order valence-corrected chi connectivity index (χ2v) is 15.3. The van der Waals surface area contributed by atoms with Crippen LogP contribution in [0, 0.1) is 0 Å². The summed E-state index contributed by atoms with van der Waals surface area (Å²) < 4.78 is 0. The molecule has 0 heterocycles. The molecule has 0 spiro atoms. The van der Waals surface area contributed by atoms with Crippen molar-refractivity contribution in [1.29, 1.82) is 0 Å². The SMILES string of the molecule is C1=CC(c2ccc3c(-c4ccc5ccccc5c4)c4cc(-c5ccc6ccccc6c5)ccc4c(-c4ccc(-c5ccccc5)cc4)c3c2)Cc2ccccc21. The first-order valence-corrected chi connectivity index (χ1v) is 19.7. The third-order valence-electron chi connectivity index (χ3n) is 12.0. The lowest BCUT2D eigenvalue weighted by atomic mass is 9.81. The number of benzene rings is 10. The molecule has 0 radical (unpaired) electrons. The van der Waals surface area contributed by atoms with E-state index in [4.69, 9.17) is 0 Å². The third kappa shape index (κ3) is 5.62. The lowest BCUT2D eigenvalue weighted by molar-refractivity contribution is 0.828. The van der Waals surface area contributed by atoms with Crippen LogP contribution in [0.2, 0.25) is 0 Å². The monoisotopic (exact) mass is 710 g/mol. The Hall–Kier alpha value is -7.02. The minimum atomic E-state index is 0.303. The summed E-state index contributed by atoms with van der Waals surface area (Å²) in [6.07, 6.45) is 5.71. The molecule has 1 unspecified atom stereocenters. The Morgan fingerprint density at radius 1 is 0.321 bits per heavy atom. The van der Waals surface area contributed by atoms with Gasteiger partial charge in [0.25, 0.3) is 0 Å². The van der Waals surface area contributed by atoms with Gasteiger partial charge >= 0.3 is 0 Å². The van der Waals surface area contributed by atoms with Gasteiger partial charge in [-0.25, -0.2) is 0 Å². The van der Waals surface area contributed by atoms with Crippen LogP contribution >= 0.6 is 0 Å². The lowest BCUT2D eigenvalue weighted by Gasteiger charge is -2.23. The van der Waals surface area contributed by atoms with Crippen molar-refractivity contribution in [3.63, 3.8) is 0 Å². The standard InChI is InChI=1S/C56H38/c1-2-10-37(11-3-1)41-18-23-42(24-19-41)55-51-30-28-49(47-26-21-39-13-5-8-16-44(39)33-47)36-54(51)56(50-27-22-40-14-6-9-17-45(40)34-50)52-31-29-48(35-53(52)55)46-25-20-38-12-4-7-15-43(38)32-46/h1-31,33-36,46H,32H2. The fourth-order valence-corrected chi connectivity index (χ4v) is 9.09. The van der Waals surface area contributed by atoms with Crippen LogP contribution in [-0.4, -0.2) is 0 Å². The molecule has 262 valence electrons. The summed E-state index contributed by atoms with van der Waals surface area (Å²) in [5.74, 6) is 0.303. The average molecular weight is 711 g/mol. The van der Waals surface area contributed by atoms with Gasteiger partial charge in [-0.05, 0) is 135 Å². The highest BCUT2D eigenvalue weighted by molar-refractivity contribution is 6.22. The zero-order chi connectivity index (χ0) is 37.0. The van der Waals surface area contributed by atoms with Crippen LogP contribution in [0.25, 0.3) is 93.7 Å². The Kier molecular flexibility index (Phi) is 7.74. The van der Waals surface area contributed by atoms with Crippen LogP contribution in [-0.2, 0) is 6.42 Å². The number of rotatable bonds is 5. The topological polar surface area (TPSA) is 0 Å². The van der Waals surface area contributed by atoms with Gasteiger partial charge in [-0.2, -0.15) is 0 Å². The van der Waals surface area contributed by atoms with E-state index in [1.807, 2.05) is 0 Å². The molecule has 56 heavy (non-hydrogen) atoms. The zero-order valence-corrected chi connectivity index (χ0v) is 31.0. The van der Waals surface area contributed by atoms with E-state index < -0.39 is 0 Å². The molecule has 0 heteroatoms. The average Bonchev–Trinajstić information content (AvgIpc) is 3.27. The summed E-state index contributed by atoms with van der Waals surface area (Å²) in [6.45, 7) is 0. The Balaban J connectivity index is 1.19. The van der Waals surface area contributed by atoms with Gasteiger partial charge in [0.1, 0.15) is 0 Å². The van der Waals surface area contributed by atoms with Crippen molar-refractivity contribution in [3.8, 4) is 44.5 Å². The van der Waals surface area contributed by atoms with Crippen molar-refractivity contribution < 1.29 is 0 Å². The molecule has 11 rings (SSSR count). The summed E-state index contributed by atoms with van der Waals surface area (Å²) >= 11 is 0. The number of hydrogen-bond donors (Lipinski definition) is 0. The Morgan fingerprint density at radius 2 is 0.839 bits per heavy atom. The van der Waals surface area contributed by atoms with Gasteiger partial charge < -0.3 is 0 Å². The van der Waals surface area contributed by atoms with E-state index in [-0.39, 0.29) is 0 Å². The third-order valence-corrected chi connectivity index (χ3v) is 12.0. The smallest absolute Gasteiger partial charge is 0.00621 e. The van der Waals surface area contributed by atoms with Crippen molar-refractivity contribution in [2.24, 2.45) is 0 Å². The van der Waals surface area contributed by atoms with Gasteiger partial charge in [0.05, 0.1) is 0 Å². The lowest BCUT2D eigenvalue weighted by Crippen LogP contribution is -2.05. The van der Waals surface area contributed by atoms with Crippen molar-refractivity contribution in [2.45, 2.75) is 12.3 Å². The molecular weight excluding hydrogens is 673 g/mol. The summed E-state index contributed by atoms with van der Waals surface area (Å²) in [5.41, 5.74) is 14.0. The van der Waals surface area contributed by atoms with E-state index >= 15 is 0 Å². The van der Waals surface area contributed by atoms with Gasteiger partial charge in [0, 0.05) is 5.92 Å². The fraction of sp³-hybridized carbons (Fsp3) is 0.0357. The molecule has 10 aromatic rings. The molecule has 0 amide bonds. The molecule has 0 aliphatic heterocycles. The molecule has 0 bridgehead atoms. The highest BCUT2D eigenvalue weighted by Crippen LogP contribution is 2.47. The first-order chi connectivity index (χ1) is 27.7. The summed E-state index contributed by atoms with van der Waals surface area (Å²) in [5, 5.41) is 10.1. The summed E-state index contributed by atoms with van der Waals surface area (Å²) in [6, 6.07) is 74.4. The minimum absolute atomic E-state index is 0.303. The van der Waals surface area contributed by atoms with Crippen LogP contribution in [0.3, 0.4) is 0 Å². The molecule has 0 aromatic heterocycles. The van der Waals surface area contributed by atoms with E-state index in [1.165, 1.54) is 104 Å². The maximum atomic E-state index is 2.50. The van der Waals surface area contributed by atoms with E-state index in [0.717, 1.165) is 6.42 Å². The van der Waals surface area contributed by atoms with Crippen LogP contribution < -0.4 is 0 Å². The van der Waals surface area contributed by atoms with Crippen LogP contribution in [0.15, 0.2) is 206 Å². The predicted octanol–water partition coefficient (Wildman–Crippen LogP) is 15.3. The molecule has 0 saturated carbocycles. The van der Waals surface area contributed by atoms with Gasteiger partial charge in [-0.3, -0.25) is 0 Å². The van der Waals surface area contributed by atoms with E-state index in [2.05, 4.69) is 212 Å². The molecular formula is C56H38. The molecule has 10 aromatic carbocycles. The fourth-order valence-electron chi connectivity index (χ4n) is 9.09. The maximum Gasteiger partial charge on any atom is 0.00621 e. The van der Waals surface area contributed by atoms with Gasteiger partial charge in [-0.1, -0.05) is 188 Å². The Labute approximate surface area is 327 Å². The molecule has 0 nitrogen and oxygen atoms in total. The highest BCUT2D eigenvalue weighted by atomic mass is 14.2. The van der Waals surface area contributed by atoms with Gasteiger partial charge in [-0.15, -0.1) is 0 Å². The van der Waals surface area contributed by atoms with Crippen LogP contribution in [0.5, 0.6) is 0 Å². The molecule has 0 saturated heterocycles. The first kappa shape index (κ1) is 32.4. The van der Waals surface area contributed by atoms with Gasteiger partial charge in [0.2, 0.25) is 0 Å². The molecule has 0 fully saturated rings.